The summed E-state index contributed by atoms with van der Waals surface area (Å²) in [6, 6.07) is 1.74. The van der Waals surface area contributed by atoms with Gasteiger partial charge in [0.15, 0.2) is 0 Å². The summed E-state index contributed by atoms with van der Waals surface area (Å²) in [5.74, 6) is 0. The molecule has 0 aliphatic rings. The number of alkyl halides is 3. The minimum atomic E-state index is -4.67. The maximum absolute atomic E-state index is 12.4. The lowest BCUT2D eigenvalue weighted by atomic mass is 9.76. The normalized spacial score (nSPS) is 15.6. The predicted octanol–water partition coefficient (Wildman–Crippen LogP) is 0.694. The SMILES string of the molecule is [2H]C([2H])([2H])c1ccc(C(F)(F)F)cc1B(O)O. The number of halogens is 3. The highest BCUT2D eigenvalue weighted by Gasteiger charge is 2.31. The molecule has 0 heterocycles. The van der Waals surface area contributed by atoms with Gasteiger partial charge in [0.2, 0.25) is 0 Å². The van der Waals surface area contributed by atoms with Gasteiger partial charge in [0.05, 0.1) is 5.56 Å². The standard InChI is InChI=1S/C8H8BF3O2/c1-5-2-3-6(8(10,11)12)4-7(5)9(13)14/h2-4,13-14H,1H3/i1D3. The molecule has 76 valence electrons. The quantitative estimate of drug-likeness (QED) is 0.665. The van der Waals surface area contributed by atoms with Crippen LogP contribution in [0.25, 0.3) is 0 Å². The predicted molar refractivity (Wildman–Crippen MR) is 46.0 cm³/mol. The van der Waals surface area contributed by atoms with Crippen molar-refractivity contribution < 1.29 is 27.3 Å². The molecule has 6 heteroatoms. The van der Waals surface area contributed by atoms with E-state index in [2.05, 4.69) is 0 Å². The molecular formula is C8H8BF3O2. The van der Waals surface area contributed by atoms with Crippen LogP contribution in [0, 0.1) is 6.85 Å². The number of aryl methyl sites for hydroxylation is 1. The Bertz CT molecular complexity index is 417. The molecule has 0 aliphatic heterocycles. The maximum atomic E-state index is 12.4. The number of rotatable bonds is 1. The summed E-state index contributed by atoms with van der Waals surface area (Å²) in [7, 11) is -2.27. The van der Waals surface area contributed by atoms with Gasteiger partial charge in [-0.25, -0.2) is 0 Å². The van der Waals surface area contributed by atoms with Crippen molar-refractivity contribution in [3.63, 3.8) is 0 Å². The Morgan fingerprint density at radius 3 is 2.43 bits per heavy atom. The van der Waals surface area contributed by atoms with Crippen molar-refractivity contribution in [2.24, 2.45) is 0 Å². The second-order valence-electron chi connectivity index (χ2n) is 2.67. The van der Waals surface area contributed by atoms with E-state index in [1.54, 1.807) is 0 Å². The van der Waals surface area contributed by atoms with Gasteiger partial charge in [0.25, 0.3) is 0 Å². The molecule has 14 heavy (non-hydrogen) atoms. The highest BCUT2D eigenvalue weighted by atomic mass is 19.4. The zero-order valence-electron chi connectivity index (χ0n) is 9.84. The first-order valence-corrected chi connectivity index (χ1v) is 3.61. The molecule has 0 unspecified atom stereocenters. The first kappa shape index (κ1) is 7.31. The first-order chi connectivity index (χ1) is 7.53. The number of hydrogen-bond acceptors (Lipinski definition) is 2. The van der Waals surface area contributed by atoms with E-state index in [-0.39, 0.29) is 0 Å². The topological polar surface area (TPSA) is 40.5 Å². The van der Waals surface area contributed by atoms with Crippen LogP contribution < -0.4 is 5.46 Å². The van der Waals surface area contributed by atoms with Gasteiger partial charge in [0, 0.05) is 4.11 Å². The number of benzene rings is 1. The first-order valence-electron chi connectivity index (χ1n) is 5.11. The Labute approximate surface area is 83.4 Å². The molecule has 0 atom stereocenters. The molecule has 0 bridgehead atoms. The van der Waals surface area contributed by atoms with Gasteiger partial charge in [0.1, 0.15) is 0 Å². The molecule has 0 aromatic heterocycles. The molecule has 0 saturated heterocycles. The third-order valence-corrected chi connectivity index (χ3v) is 1.66. The van der Waals surface area contributed by atoms with Crippen LogP contribution in [-0.2, 0) is 6.18 Å². The molecule has 2 nitrogen and oxygen atoms in total. The lowest BCUT2D eigenvalue weighted by Gasteiger charge is -2.10. The minimum Gasteiger partial charge on any atom is -0.423 e. The molecular weight excluding hydrogens is 196 g/mol. The zero-order chi connectivity index (χ0) is 13.4. The highest BCUT2D eigenvalue weighted by molar-refractivity contribution is 6.59. The molecule has 0 aliphatic carbocycles. The van der Waals surface area contributed by atoms with Crippen molar-refractivity contribution in [1.82, 2.24) is 0 Å². The molecule has 1 aromatic carbocycles. The van der Waals surface area contributed by atoms with Crippen LogP contribution in [0.2, 0.25) is 0 Å². The van der Waals surface area contributed by atoms with E-state index < -0.39 is 36.7 Å². The Balaban J connectivity index is 3.38. The third kappa shape index (κ3) is 2.27. The second kappa shape index (κ2) is 3.63. The summed E-state index contributed by atoms with van der Waals surface area (Å²) in [4.78, 5) is 0. The van der Waals surface area contributed by atoms with E-state index in [9.17, 15) is 13.2 Å². The maximum Gasteiger partial charge on any atom is 0.488 e. The van der Waals surface area contributed by atoms with Crippen molar-refractivity contribution >= 4 is 12.6 Å². The minimum absolute atomic E-state index is 0.423. The second-order valence-corrected chi connectivity index (χ2v) is 2.67. The molecule has 2 N–H and O–H groups in total. The van der Waals surface area contributed by atoms with Crippen LogP contribution in [0.15, 0.2) is 18.2 Å². The van der Waals surface area contributed by atoms with Gasteiger partial charge in [-0.05, 0) is 18.4 Å². The molecule has 0 fully saturated rings. The summed E-state index contributed by atoms with van der Waals surface area (Å²) in [5.41, 5.74) is -2.31. The fourth-order valence-corrected chi connectivity index (χ4v) is 0.953. The average molecular weight is 207 g/mol. The van der Waals surface area contributed by atoms with Crippen molar-refractivity contribution in [2.45, 2.75) is 13.0 Å². The van der Waals surface area contributed by atoms with Gasteiger partial charge >= 0.3 is 13.3 Å². The van der Waals surface area contributed by atoms with Gasteiger partial charge in [-0.15, -0.1) is 0 Å². The smallest absolute Gasteiger partial charge is 0.423 e. The summed E-state index contributed by atoms with van der Waals surface area (Å²) in [6.45, 7) is -2.71. The molecule has 1 aromatic rings. The van der Waals surface area contributed by atoms with Crippen LogP contribution >= 0.6 is 0 Å². The molecule has 0 spiro atoms. The lowest BCUT2D eigenvalue weighted by molar-refractivity contribution is -0.137. The summed E-state index contributed by atoms with van der Waals surface area (Å²) >= 11 is 0. The Kier molecular flexibility index (Phi) is 1.89. The van der Waals surface area contributed by atoms with E-state index in [0.717, 1.165) is 6.07 Å². The summed E-state index contributed by atoms with van der Waals surface area (Å²) < 4.78 is 58.3. The van der Waals surface area contributed by atoms with Crippen LogP contribution in [-0.4, -0.2) is 17.2 Å². The van der Waals surface area contributed by atoms with Crippen molar-refractivity contribution in [2.75, 3.05) is 0 Å². The average Bonchev–Trinajstić information content (AvgIpc) is 2.14. The van der Waals surface area contributed by atoms with Gasteiger partial charge < -0.3 is 10.0 Å². The van der Waals surface area contributed by atoms with E-state index in [4.69, 9.17) is 14.2 Å². The summed E-state index contributed by atoms with van der Waals surface area (Å²) in [5, 5.41) is 17.8. The monoisotopic (exact) mass is 207 g/mol. The third-order valence-electron chi connectivity index (χ3n) is 1.66. The fourth-order valence-electron chi connectivity index (χ4n) is 0.953. The van der Waals surface area contributed by atoms with Crippen LogP contribution in [0.3, 0.4) is 0 Å². The summed E-state index contributed by atoms with van der Waals surface area (Å²) in [6.07, 6.45) is -4.67. The lowest BCUT2D eigenvalue weighted by Crippen LogP contribution is -2.33. The molecule has 0 saturated carbocycles. The zero-order valence-corrected chi connectivity index (χ0v) is 6.84. The molecule has 0 amide bonds. The van der Waals surface area contributed by atoms with Crippen LogP contribution in [0.5, 0.6) is 0 Å². The van der Waals surface area contributed by atoms with Gasteiger partial charge in [-0.1, -0.05) is 17.7 Å². The van der Waals surface area contributed by atoms with Crippen molar-refractivity contribution in [3.05, 3.63) is 29.3 Å². The van der Waals surface area contributed by atoms with Crippen LogP contribution in [0.1, 0.15) is 15.2 Å². The number of hydrogen-bond donors (Lipinski definition) is 2. The largest absolute Gasteiger partial charge is 0.488 e. The molecule has 0 radical (unpaired) electrons. The van der Waals surface area contributed by atoms with Gasteiger partial charge in [-0.2, -0.15) is 13.2 Å². The van der Waals surface area contributed by atoms with Gasteiger partial charge in [-0.3, -0.25) is 0 Å². The van der Waals surface area contributed by atoms with Crippen LogP contribution in [0.4, 0.5) is 13.2 Å². The Morgan fingerprint density at radius 1 is 1.36 bits per heavy atom. The van der Waals surface area contributed by atoms with Crippen molar-refractivity contribution in [1.29, 1.82) is 0 Å². The highest BCUT2D eigenvalue weighted by Crippen LogP contribution is 2.28. The van der Waals surface area contributed by atoms with E-state index in [1.807, 2.05) is 0 Å². The van der Waals surface area contributed by atoms with E-state index in [1.165, 1.54) is 0 Å². The van der Waals surface area contributed by atoms with E-state index >= 15 is 0 Å². The Morgan fingerprint density at radius 2 is 2.00 bits per heavy atom. The van der Waals surface area contributed by atoms with E-state index in [0.29, 0.717) is 12.1 Å². The fraction of sp³-hybridized carbons (Fsp3) is 0.250. The van der Waals surface area contributed by atoms with Crippen molar-refractivity contribution in [3.8, 4) is 0 Å². The molecule has 1 rings (SSSR count). The Hall–Kier alpha value is -1.01.